The van der Waals surface area contributed by atoms with E-state index in [1.807, 2.05) is 68.4 Å². The molecule has 0 unspecified atom stereocenters. The zero-order valence-electron chi connectivity index (χ0n) is 18.5. The van der Waals surface area contributed by atoms with Crippen molar-refractivity contribution >= 4 is 27.7 Å². The highest BCUT2D eigenvalue weighted by Crippen LogP contribution is 2.30. The van der Waals surface area contributed by atoms with Crippen LogP contribution in [0.3, 0.4) is 0 Å². The zero-order chi connectivity index (χ0) is 22.7. The van der Waals surface area contributed by atoms with Gasteiger partial charge in [-0.05, 0) is 55.8 Å². The van der Waals surface area contributed by atoms with Crippen LogP contribution >= 0.6 is 0 Å². The molecular formula is C27H24O5. The second kappa shape index (κ2) is 9.02. The molecule has 0 aliphatic heterocycles. The van der Waals surface area contributed by atoms with Crippen LogP contribution in [0, 0.1) is 13.8 Å². The lowest BCUT2D eigenvalue weighted by Gasteiger charge is -1.98. The average Bonchev–Trinajstić information content (AvgIpc) is 3.38. The molecule has 2 heterocycles. The quantitative estimate of drug-likeness (QED) is 0.297. The van der Waals surface area contributed by atoms with E-state index in [-0.39, 0.29) is 5.78 Å². The van der Waals surface area contributed by atoms with E-state index in [0.717, 1.165) is 39.0 Å². The van der Waals surface area contributed by atoms with Crippen LogP contribution in [0.15, 0.2) is 81.8 Å². The minimum Gasteiger partial charge on any atom is -0.497 e. The molecule has 0 bridgehead atoms. The van der Waals surface area contributed by atoms with Crippen LogP contribution in [-0.2, 0) is 0 Å². The standard InChI is InChI=1S/C17H14O3.C10H10O2/c1-11-14-10-13(19-2)8-9-15(14)20-17(11)16(18)12-6-4-3-5-7-12;1-7-6-12-10-4-3-8(11-2)5-9(7)10/h3-10H,1-2H3;3-6H,1-2H3. The summed E-state index contributed by atoms with van der Waals surface area (Å²) in [6.07, 6.45) is 1.75. The Hall–Kier alpha value is -3.99. The highest BCUT2D eigenvalue weighted by atomic mass is 16.5. The summed E-state index contributed by atoms with van der Waals surface area (Å²) in [5, 5.41) is 2.03. The molecule has 5 nitrogen and oxygen atoms in total. The molecule has 162 valence electrons. The SMILES string of the molecule is COc1ccc2oc(C(=O)c3ccccc3)c(C)c2c1.COc1ccc2occ(C)c2c1. The molecule has 5 rings (SSSR count). The highest BCUT2D eigenvalue weighted by Gasteiger charge is 2.19. The van der Waals surface area contributed by atoms with Crippen molar-refractivity contribution in [2.75, 3.05) is 14.2 Å². The fourth-order valence-corrected chi connectivity index (χ4v) is 3.53. The molecule has 0 saturated carbocycles. The molecule has 0 aliphatic rings. The molecule has 32 heavy (non-hydrogen) atoms. The van der Waals surface area contributed by atoms with Crippen molar-refractivity contribution in [3.05, 3.63) is 95.4 Å². The van der Waals surface area contributed by atoms with E-state index in [2.05, 4.69) is 0 Å². The maximum atomic E-state index is 12.5. The highest BCUT2D eigenvalue weighted by molar-refractivity contribution is 6.10. The molecule has 5 heteroatoms. The number of hydrogen-bond acceptors (Lipinski definition) is 5. The predicted octanol–water partition coefficient (Wildman–Crippen LogP) is 6.73. The van der Waals surface area contributed by atoms with E-state index in [4.69, 9.17) is 18.3 Å². The Morgan fingerprint density at radius 3 is 2.06 bits per heavy atom. The molecule has 0 spiro atoms. The topological polar surface area (TPSA) is 61.8 Å². The number of ketones is 1. The minimum atomic E-state index is -0.0988. The Kier molecular flexibility index (Phi) is 5.99. The van der Waals surface area contributed by atoms with Gasteiger partial charge < -0.3 is 18.3 Å². The van der Waals surface area contributed by atoms with Gasteiger partial charge in [-0.25, -0.2) is 0 Å². The van der Waals surface area contributed by atoms with Gasteiger partial charge in [0.2, 0.25) is 5.78 Å². The Bertz CT molecular complexity index is 1380. The first-order valence-electron chi connectivity index (χ1n) is 10.2. The predicted molar refractivity (Wildman–Crippen MR) is 125 cm³/mol. The van der Waals surface area contributed by atoms with Gasteiger partial charge in [-0.2, -0.15) is 0 Å². The van der Waals surface area contributed by atoms with Crippen LogP contribution in [-0.4, -0.2) is 20.0 Å². The summed E-state index contributed by atoms with van der Waals surface area (Å²) in [7, 11) is 3.28. The molecule has 5 aromatic rings. The number of fused-ring (bicyclic) bond motifs is 2. The number of benzene rings is 3. The Labute approximate surface area is 186 Å². The zero-order valence-corrected chi connectivity index (χ0v) is 18.5. The normalized spacial score (nSPS) is 10.6. The lowest BCUT2D eigenvalue weighted by molar-refractivity contribution is 0.101. The van der Waals surface area contributed by atoms with Crippen LogP contribution in [0.5, 0.6) is 11.5 Å². The molecule has 0 amide bonds. The maximum Gasteiger partial charge on any atom is 0.228 e. The van der Waals surface area contributed by atoms with Crippen molar-refractivity contribution in [3.63, 3.8) is 0 Å². The Balaban J connectivity index is 0.000000174. The number of aryl methyl sites for hydroxylation is 2. The van der Waals surface area contributed by atoms with E-state index in [0.29, 0.717) is 16.9 Å². The van der Waals surface area contributed by atoms with Gasteiger partial charge in [0.15, 0.2) is 5.76 Å². The summed E-state index contributed by atoms with van der Waals surface area (Å²) < 4.78 is 21.3. The molecular weight excluding hydrogens is 404 g/mol. The van der Waals surface area contributed by atoms with Crippen molar-refractivity contribution in [1.82, 2.24) is 0 Å². The summed E-state index contributed by atoms with van der Waals surface area (Å²) in [5.41, 5.74) is 4.22. The van der Waals surface area contributed by atoms with Crippen molar-refractivity contribution < 1.29 is 23.1 Å². The first-order chi connectivity index (χ1) is 15.5. The van der Waals surface area contributed by atoms with Gasteiger partial charge in [-0.15, -0.1) is 0 Å². The van der Waals surface area contributed by atoms with Gasteiger partial charge in [0.25, 0.3) is 0 Å². The maximum absolute atomic E-state index is 12.5. The third-order valence-electron chi connectivity index (χ3n) is 5.36. The van der Waals surface area contributed by atoms with Crippen LogP contribution in [0.1, 0.15) is 27.2 Å². The number of carbonyl (C=O) groups is 1. The van der Waals surface area contributed by atoms with Gasteiger partial charge in [0, 0.05) is 21.9 Å². The number of carbonyl (C=O) groups excluding carboxylic acids is 1. The monoisotopic (exact) mass is 428 g/mol. The average molecular weight is 428 g/mol. The molecule has 2 aromatic heterocycles. The minimum absolute atomic E-state index is 0.0988. The van der Waals surface area contributed by atoms with E-state index in [1.165, 1.54) is 0 Å². The third kappa shape index (κ3) is 4.10. The van der Waals surface area contributed by atoms with Crippen molar-refractivity contribution in [3.8, 4) is 11.5 Å². The third-order valence-corrected chi connectivity index (χ3v) is 5.36. The number of hydrogen-bond donors (Lipinski definition) is 0. The fraction of sp³-hybridized carbons (Fsp3) is 0.148. The first-order valence-corrected chi connectivity index (χ1v) is 10.2. The number of methoxy groups -OCH3 is 2. The van der Waals surface area contributed by atoms with E-state index < -0.39 is 0 Å². The number of ether oxygens (including phenoxy) is 2. The lowest BCUT2D eigenvalue weighted by atomic mass is 10.0. The fourth-order valence-electron chi connectivity index (χ4n) is 3.53. The van der Waals surface area contributed by atoms with Gasteiger partial charge >= 0.3 is 0 Å². The van der Waals surface area contributed by atoms with Crippen LogP contribution in [0.4, 0.5) is 0 Å². The summed E-state index contributed by atoms with van der Waals surface area (Å²) in [5.74, 6) is 1.91. The Morgan fingerprint density at radius 1 is 0.781 bits per heavy atom. The van der Waals surface area contributed by atoms with Crippen LogP contribution in [0.2, 0.25) is 0 Å². The smallest absolute Gasteiger partial charge is 0.228 e. The molecule has 3 aromatic carbocycles. The summed E-state index contributed by atoms with van der Waals surface area (Å²) >= 11 is 0. The van der Waals surface area contributed by atoms with Gasteiger partial charge in [0.05, 0.1) is 20.5 Å². The molecule has 0 radical (unpaired) electrons. The molecule has 0 fully saturated rings. The van der Waals surface area contributed by atoms with Crippen molar-refractivity contribution in [2.24, 2.45) is 0 Å². The largest absolute Gasteiger partial charge is 0.497 e. The van der Waals surface area contributed by atoms with E-state index in [9.17, 15) is 4.79 Å². The molecule has 0 saturated heterocycles. The van der Waals surface area contributed by atoms with Gasteiger partial charge in [-0.1, -0.05) is 30.3 Å². The molecule has 0 atom stereocenters. The summed E-state index contributed by atoms with van der Waals surface area (Å²) in [6.45, 7) is 3.91. The summed E-state index contributed by atoms with van der Waals surface area (Å²) in [6, 6.07) is 20.5. The number of rotatable bonds is 4. The van der Waals surface area contributed by atoms with Crippen LogP contribution in [0.25, 0.3) is 21.9 Å². The van der Waals surface area contributed by atoms with Crippen molar-refractivity contribution in [2.45, 2.75) is 13.8 Å². The Morgan fingerprint density at radius 2 is 1.41 bits per heavy atom. The molecule has 0 aliphatic carbocycles. The van der Waals surface area contributed by atoms with Gasteiger partial charge in [0.1, 0.15) is 22.7 Å². The second-order valence-corrected chi connectivity index (χ2v) is 7.39. The van der Waals surface area contributed by atoms with E-state index >= 15 is 0 Å². The molecule has 0 N–H and O–H groups in total. The second-order valence-electron chi connectivity index (χ2n) is 7.39. The lowest BCUT2D eigenvalue weighted by Crippen LogP contribution is -2.00. The number of furan rings is 2. The van der Waals surface area contributed by atoms with Crippen molar-refractivity contribution in [1.29, 1.82) is 0 Å². The summed E-state index contributed by atoms with van der Waals surface area (Å²) in [4.78, 5) is 12.5. The van der Waals surface area contributed by atoms with E-state index in [1.54, 1.807) is 32.6 Å². The first kappa shape index (κ1) is 21.2. The van der Waals surface area contributed by atoms with Crippen LogP contribution < -0.4 is 9.47 Å². The van der Waals surface area contributed by atoms with Gasteiger partial charge in [-0.3, -0.25) is 4.79 Å².